The lowest BCUT2D eigenvalue weighted by Gasteiger charge is -2.18. The van der Waals surface area contributed by atoms with E-state index in [4.69, 9.17) is 4.74 Å². The van der Waals surface area contributed by atoms with Gasteiger partial charge < -0.3 is 15.0 Å². The number of amidine groups is 1. The van der Waals surface area contributed by atoms with Gasteiger partial charge in [-0.1, -0.05) is 12.1 Å². The average molecular weight is 261 g/mol. The summed E-state index contributed by atoms with van der Waals surface area (Å²) in [5, 5.41) is 3.26. The Kier molecular flexibility index (Phi) is 4.39. The minimum absolute atomic E-state index is 0.0390. The fourth-order valence-corrected chi connectivity index (χ4v) is 1.77. The summed E-state index contributed by atoms with van der Waals surface area (Å²) in [6.45, 7) is 1.79. The summed E-state index contributed by atoms with van der Waals surface area (Å²) in [5.74, 6) is 1.47. The van der Waals surface area contributed by atoms with Crippen LogP contribution in [0.3, 0.4) is 0 Å². The summed E-state index contributed by atoms with van der Waals surface area (Å²) in [5.41, 5.74) is 0.911. The van der Waals surface area contributed by atoms with Crippen LogP contribution in [0.5, 0.6) is 5.75 Å². The summed E-state index contributed by atoms with van der Waals surface area (Å²) in [6.07, 6.45) is 1.05. The summed E-state index contributed by atoms with van der Waals surface area (Å²) in [4.78, 5) is 17.5. The van der Waals surface area contributed by atoms with Gasteiger partial charge in [0.1, 0.15) is 11.6 Å². The number of para-hydroxylation sites is 1. The molecule has 0 fully saturated rings. The Bertz CT molecular complexity index is 483. The molecule has 5 nitrogen and oxygen atoms in total. The number of likely N-dealkylation sites (N-methyl/N-ethyl adjacent to an activating group) is 1. The Hall–Kier alpha value is -2.04. The van der Waals surface area contributed by atoms with Crippen LogP contribution >= 0.6 is 0 Å². The van der Waals surface area contributed by atoms with E-state index in [9.17, 15) is 4.79 Å². The zero-order valence-corrected chi connectivity index (χ0v) is 11.3. The first-order chi connectivity index (χ1) is 9.18. The topological polar surface area (TPSA) is 53.9 Å². The summed E-state index contributed by atoms with van der Waals surface area (Å²) in [6, 6.07) is 7.64. The number of carbonyl (C=O) groups is 1. The lowest BCUT2D eigenvalue weighted by atomic mass is 10.1. The minimum Gasteiger partial charge on any atom is -0.483 e. The average Bonchev–Trinajstić information content (AvgIpc) is 2.46. The predicted molar refractivity (Wildman–Crippen MR) is 74.7 cm³/mol. The largest absolute Gasteiger partial charge is 0.483 e. The Balaban J connectivity index is 2.12. The zero-order valence-electron chi connectivity index (χ0n) is 11.3. The highest BCUT2D eigenvalue weighted by Gasteiger charge is 2.13. The monoisotopic (exact) mass is 261 g/mol. The third-order valence-electron chi connectivity index (χ3n) is 2.89. The molecule has 1 N–H and O–H groups in total. The molecule has 0 bridgehead atoms. The van der Waals surface area contributed by atoms with Crippen LogP contribution in [0.4, 0.5) is 0 Å². The molecule has 2 rings (SSSR count). The SMILES string of the molecule is CN(C)C(=O)COc1ccccc1C1=NCCCN1. The van der Waals surface area contributed by atoms with Crippen LogP contribution in [-0.2, 0) is 4.79 Å². The van der Waals surface area contributed by atoms with Crippen molar-refractivity contribution >= 4 is 11.7 Å². The highest BCUT2D eigenvalue weighted by atomic mass is 16.5. The number of rotatable bonds is 4. The van der Waals surface area contributed by atoms with Crippen molar-refractivity contribution in [3.05, 3.63) is 29.8 Å². The predicted octanol–water partition coefficient (Wildman–Crippen LogP) is 0.893. The second kappa shape index (κ2) is 6.22. The number of aliphatic imine (C=N–C) groups is 1. The van der Waals surface area contributed by atoms with Gasteiger partial charge in [-0.3, -0.25) is 9.79 Å². The fraction of sp³-hybridized carbons (Fsp3) is 0.429. The van der Waals surface area contributed by atoms with Crippen LogP contribution in [0.1, 0.15) is 12.0 Å². The maximum atomic E-state index is 11.6. The van der Waals surface area contributed by atoms with Crippen LogP contribution in [0.2, 0.25) is 0 Å². The van der Waals surface area contributed by atoms with E-state index < -0.39 is 0 Å². The lowest BCUT2D eigenvalue weighted by Crippen LogP contribution is -2.31. The van der Waals surface area contributed by atoms with Crippen LogP contribution in [-0.4, -0.2) is 50.4 Å². The molecule has 0 saturated heterocycles. The van der Waals surface area contributed by atoms with E-state index in [1.807, 2.05) is 24.3 Å². The summed E-state index contributed by atoms with van der Waals surface area (Å²) in [7, 11) is 3.43. The molecular weight excluding hydrogens is 242 g/mol. The first kappa shape index (κ1) is 13.4. The quantitative estimate of drug-likeness (QED) is 0.876. The molecule has 0 unspecified atom stereocenters. The molecule has 0 atom stereocenters. The third-order valence-corrected chi connectivity index (χ3v) is 2.89. The van der Waals surface area contributed by atoms with Gasteiger partial charge in [-0.2, -0.15) is 0 Å². The molecule has 1 aromatic carbocycles. The number of amides is 1. The van der Waals surface area contributed by atoms with Gasteiger partial charge in [0.15, 0.2) is 6.61 Å². The molecule has 1 heterocycles. The standard InChI is InChI=1S/C14H19N3O2/c1-17(2)13(18)10-19-12-7-4-3-6-11(12)14-15-8-5-9-16-14/h3-4,6-7H,5,8-10H2,1-2H3,(H,15,16). The van der Waals surface area contributed by atoms with Gasteiger partial charge in [0.2, 0.25) is 0 Å². The number of ether oxygens (including phenoxy) is 1. The maximum absolute atomic E-state index is 11.6. The van der Waals surface area contributed by atoms with Crippen molar-refractivity contribution in [2.24, 2.45) is 4.99 Å². The molecule has 5 heteroatoms. The molecule has 0 saturated carbocycles. The lowest BCUT2D eigenvalue weighted by molar-refractivity contribution is -0.130. The number of nitrogens with one attached hydrogen (secondary N) is 1. The molecule has 0 aromatic heterocycles. The molecule has 1 aliphatic heterocycles. The van der Waals surface area contributed by atoms with Crippen molar-refractivity contribution in [1.29, 1.82) is 0 Å². The molecule has 1 amide bonds. The van der Waals surface area contributed by atoms with E-state index in [0.29, 0.717) is 5.75 Å². The van der Waals surface area contributed by atoms with Gasteiger partial charge in [-0.15, -0.1) is 0 Å². The number of nitrogens with zero attached hydrogens (tertiary/aromatic N) is 2. The highest BCUT2D eigenvalue weighted by Crippen LogP contribution is 2.19. The fourth-order valence-electron chi connectivity index (χ4n) is 1.77. The van der Waals surface area contributed by atoms with Crippen LogP contribution < -0.4 is 10.1 Å². The first-order valence-electron chi connectivity index (χ1n) is 6.39. The van der Waals surface area contributed by atoms with Gasteiger partial charge in [0, 0.05) is 27.2 Å². The number of hydrogen-bond donors (Lipinski definition) is 1. The normalized spacial score (nSPS) is 14.3. The van der Waals surface area contributed by atoms with Crippen molar-refractivity contribution in [2.75, 3.05) is 33.8 Å². The van der Waals surface area contributed by atoms with Crippen molar-refractivity contribution in [2.45, 2.75) is 6.42 Å². The van der Waals surface area contributed by atoms with Gasteiger partial charge >= 0.3 is 0 Å². The Labute approximate surface area is 113 Å². The van der Waals surface area contributed by atoms with Crippen LogP contribution in [0, 0.1) is 0 Å². The van der Waals surface area contributed by atoms with E-state index >= 15 is 0 Å². The van der Waals surface area contributed by atoms with E-state index in [-0.39, 0.29) is 12.5 Å². The van der Waals surface area contributed by atoms with Gasteiger partial charge in [-0.05, 0) is 18.6 Å². The second-order valence-electron chi connectivity index (χ2n) is 4.58. The van der Waals surface area contributed by atoms with Gasteiger partial charge in [0.05, 0.1) is 5.56 Å². The third kappa shape index (κ3) is 3.47. The van der Waals surface area contributed by atoms with Crippen molar-refractivity contribution in [3.63, 3.8) is 0 Å². The summed E-state index contributed by atoms with van der Waals surface area (Å²) < 4.78 is 5.60. The smallest absolute Gasteiger partial charge is 0.259 e. The van der Waals surface area contributed by atoms with Crippen molar-refractivity contribution in [1.82, 2.24) is 10.2 Å². The Morgan fingerprint density at radius 2 is 2.21 bits per heavy atom. The van der Waals surface area contributed by atoms with Crippen LogP contribution in [0.25, 0.3) is 0 Å². The van der Waals surface area contributed by atoms with Gasteiger partial charge in [0.25, 0.3) is 5.91 Å². The molecule has 102 valence electrons. The molecule has 19 heavy (non-hydrogen) atoms. The second-order valence-corrected chi connectivity index (χ2v) is 4.58. The van der Waals surface area contributed by atoms with E-state index in [1.165, 1.54) is 4.90 Å². The van der Waals surface area contributed by atoms with E-state index in [1.54, 1.807) is 14.1 Å². The van der Waals surface area contributed by atoms with Crippen molar-refractivity contribution < 1.29 is 9.53 Å². The van der Waals surface area contributed by atoms with Gasteiger partial charge in [-0.25, -0.2) is 0 Å². The molecule has 1 aliphatic rings. The summed E-state index contributed by atoms with van der Waals surface area (Å²) >= 11 is 0. The highest BCUT2D eigenvalue weighted by molar-refractivity contribution is 6.01. The Morgan fingerprint density at radius 3 is 2.89 bits per heavy atom. The number of carbonyl (C=O) groups excluding carboxylic acids is 1. The number of hydrogen-bond acceptors (Lipinski definition) is 4. The molecule has 0 radical (unpaired) electrons. The molecular formula is C14H19N3O2. The van der Waals surface area contributed by atoms with E-state index in [2.05, 4.69) is 10.3 Å². The number of benzene rings is 1. The molecule has 1 aromatic rings. The van der Waals surface area contributed by atoms with Crippen LogP contribution in [0.15, 0.2) is 29.3 Å². The molecule has 0 aliphatic carbocycles. The maximum Gasteiger partial charge on any atom is 0.259 e. The minimum atomic E-state index is -0.0617. The van der Waals surface area contributed by atoms with E-state index in [0.717, 1.165) is 30.9 Å². The first-order valence-corrected chi connectivity index (χ1v) is 6.39. The zero-order chi connectivity index (χ0) is 13.7. The Morgan fingerprint density at radius 1 is 1.42 bits per heavy atom. The molecule has 0 spiro atoms. The van der Waals surface area contributed by atoms with Crippen molar-refractivity contribution in [3.8, 4) is 5.75 Å².